The molecule has 0 aliphatic rings. The van der Waals surface area contributed by atoms with Crippen molar-refractivity contribution in [3.8, 4) is 0 Å². The summed E-state index contributed by atoms with van der Waals surface area (Å²) < 4.78 is 5.08. The van der Waals surface area contributed by atoms with Crippen molar-refractivity contribution in [3.63, 3.8) is 0 Å². The van der Waals surface area contributed by atoms with Gasteiger partial charge in [0.05, 0.1) is 18.3 Å². The number of aryl methyl sites for hydroxylation is 1. The summed E-state index contributed by atoms with van der Waals surface area (Å²) in [6.45, 7) is 2.77. The Morgan fingerprint density at radius 2 is 2.27 bits per heavy atom. The van der Waals surface area contributed by atoms with Gasteiger partial charge in [-0.2, -0.15) is 9.89 Å². The van der Waals surface area contributed by atoms with Gasteiger partial charge in [0.2, 0.25) is 0 Å². The zero-order valence-electron chi connectivity index (χ0n) is 9.03. The first-order valence-corrected chi connectivity index (χ1v) is 4.93. The Kier molecular flexibility index (Phi) is 2.60. The highest BCUT2D eigenvalue weighted by atomic mass is 16.5. The fourth-order valence-corrected chi connectivity index (χ4v) is 1.85. The van der Waals surface area contributed by atoms with Crippen molar-refractivity contribution < 1.29 is 4.74 Å². The van der Waals surface area contributed by atoms with E-state index in [2.05, 4.69) is 24.2 Å². The quantitative estimate of drug-likeness (QED) is 0.767. The minimum atomic E-state index is 0.698. The van der Waals surface area contributed by atoms with Crippen molar-refractivity contribution in [3.05, 3.63) is 29.5 Å². The number of nitrogens with two attached hydrogens (primary N) is 1. The van der Waals surface area contributed by atoms with E-state index in [1.165, 1.54) is 15.9 Å². The molecule has 0 unspecified atom stereocenters. The fourth-order valence-electron chi connectivity index (χ4n) is 1.85. The largest absolute Gasteiger partial charge is 0.384 e. The Balaban J connectivity index is 2.53. The number of aromatic nitrogens is 2. The van der Waals surface area contributed by atoms with Crippen LogP contribution in [0.2, 0.25) is 0 Å². The third-order valence-corrected chi connectivity index (χ3v) is 2.49. The molecule has 2 aromatic rings. The van der Waals surface area contributed by atoms with Gasteiger partial charge >= 0.3 is 0 Å². The van der Waals surface area contributed by atoms with Crippen LogP contribution in [0.15, 0.2) is 18.3 Å². The third-order valence-electron chi connectivity index (χ3n) is 2.49. The molecule has 0 aliphatic carbocycles. The Morgan fingerprint density at radius 3 is 3.00 bits per heavy atom. The van der Waals surface area contributed by atoms with Crippen LogP contribution in [0.1, 0.15) is 11.1 Å². The van der Waals surface area contributed by atoms with Gasteiger partial charge in [-0.3, -0.25) is 0 Å². The Morgan fingerprint density at radius 1 is 1.47 bits per heavy atom. The topological polar surface area (TPSA) is 53.1 Å². The van der Waals surface area contributed by atoms with Crippen LogP contribution >= 0.6 is 0 Å². The van der Waals surface area contributed by atoms with E-state index in [1.54, 1.807) is 13.3 Å². The normalized spacial score (nSPS) is 11.1. The molecule has 80 valence electrons. The van der Waals surface area contributed by atoms with Gasteiger partial charge in [-0.15, -0.1) is 0 Å². The molecular weight excluding hydrogens is 190 g/mol. The van der Waals surface area contributed by atoms with Crippen LogP contribution in [-0.4, -0.2) is 23.6 Å². The highest BCUT2D eigenvalue weighted by Gasteiger charge is 2.07. The molecule has 0 amide bonds. The van der Waals surface area contributed by atoms with Crippen LogP contribution in [0, 0.1) is 6.92 Å². The van der Waals surface area contributed by atoms with Crippen molar-refractivity contribution in [2.75, 3.05) is 19.6 Å². The lowest BCUT2D eigenvalue weighted by Crippen LogP contribution is -2.11. The number of nitrogen functional groups attached to an aromatic ring is 1. The first-order valence-electron chi connectivity index (χ1n) is 4.93. The summed E-state index contributed by atoms with van der Waals surface area (Å²) >= 11 is 0. The van der Waals surface area contributed by atoms with Gasteiger partial charge in [-0.25, -0.2) is 0 Å². The summed E-state index contributed by atoms with van der Waals surface area (Å²) in [5.74, 6) is 5.76. The van der Waals surface area contributed by atoms with E-state index in [0.717, 1.165) is 17.3 Å². The number of rotatable bonds is 3. The molecule has 1 aromatic heterocycles. The molecule has 0 saturated carbocycles. The molecule has 0 spiro atoms. The van der Waals surface area contributed by atoms with Gasteiger partial charge in [0.25, 0.3) is 0 Å². The lowest BCUT2D eigenvalue weighted by molar-refractivity contribution is 0.202. The first-order chi connectivity index (χ1) is 7.22. The highest BCUT2D eigenvalue weighted by Crippen LogP contribution is 2.20. The van der Waals surface area contributed by atoms with Crippen molar-refractivity contribution in [1.82, 2.24) is 9.89 Å². The molecular formula is C11H15N3O. The summed E-state index contributed by atoms with van der Waals surface area (Å²) in [5.41, 5.74) is 3.41. The van der Waals surface area contributed by atoms with E-state index in [1.807, 2.05) is 0 Å². The molecule has 0 atom stereocenters. The maximum Gasteiger partial charge on any atom is 0.0948 e. The molecule has 1 heterocycles. The molecule has 0 aliphatic heterocycles. The summed E-state index contributed by atoms with van der Waals surface area (Å²) in [7, 11) is 1.70. The van der Waals surface area contributed by atoms with Gasteiger partial charge in [-0.1, -0.05) is 11.6 Å². The van der Waals surface area contributed by atoms with E-state index in [0.29, 0.717) is 6.61 Å². The van der Waals surface area contributed by atoms with E-state index in [-0.39, 0.29) is 0 Å². The smallest absolute Gasteiger partial charge is 0.0948 e. The number of hydrogen-bond donors (Lipinski definition) is 1. The van der Waals surface area contributed by atoms with Gasteiger partial charge in [-0.05, 0) is 25.0 Å². The molecule has 0 bridgehead atoms. The Bertz CT molecular complexity index is 476. The average molecular weight is 205 g/mol. The second-order valence-electron chi connectivity index (χ2n) is 3.69. The van der Waals surface area contributed by atoms with Crippen LogP contribution in [0.4, 0.5) is 0 Å². The number of nitrogens with zero attached hydrogens (tertiary/aromatic N) is 2. The summed E-state index contributed by atoms with van der Waals surface area (Å²) in [6, 6.07) is 4.22. The standard InChI is InChI=1S/C11H15N3O/c1-8-5-9(3-4-15-2)11-10(6-8)7-13-14(11)12/h5-7H,3-4,12H2,1-2H3. The Hall–Kier alpha value is -1.55. The van der Waals surface area contributed by atoms with Crippen LogP contribution in [0.25, 0.3) is 10.9 Å². The van der Waals surface area contributed by atoms with Crippen LogP contribution < -0.4 is 5.84 Å². The highest BCUT2D eigenvalue weighted by molar-refractivity contribution is 5.82. The van der Waals surface area contributed by atoms with Crippen LogP contribution in [-0.2, 0) is 11.2 Å². The lowest BCUT2D eigenvalue weighted by atomic mass is 10.1. The van der Waals surface area contributed by atoms with E-state index < -0.39 is 0 Å². The Labute approximate surface area is 88.6 Å². The molecule has 2 N–H and O–H groups in total. The maximum absolute atomic E-state index is 5.76. The molecule has 4 heteroatoms. The monoisotopic (exact) mass is 205 g/mol. The number of fused-ring (bicyclic) bond motifs is 1. The molecule has 0 fully saturated rings. The molecule has 0 saturated heterocycles. The predicted molar refractivity (Wildman–Crippen MR) is 60.2 cm³/mol. The van der Waals surface area contributed by atoms with Crippen molar-refractivity contribution in [2.45, 2.75) is 13.3 Å². The molecule has 1 aromatic carbocycles. The minimum Gasteiger partial charge on any atom is -0.384 e. The minimum absolute atomic E-state index is 0.698. The van der Waals surface area contributed by atoms with E-state index in [4.69, 9.17) is 10.6 Å². The molecule has 15 heavy (non-hydrogen) atoms. The number of hydrogen-bond acceptors (Lipinski definition) is 3. The zero-order valence-corrected chi connectivity index (χ0v) is 9.03. The van der Waals surface area contributed by atoms with Gasteiger partial charge in [0.15, 0.2) is 0 Å². The van der Waals surface area contributed by atoms with Crippen molar-refractivity contribution in [2.24, 2.45) is 0 Å². The summed E-state index contributed by atoms with van der Waals surface area (Å²) in [6.07, 6.45) is 2.65. The van der Waals surface area contributed by atoms with Crippen molar-refractivity contribution >= 4 is 10.9 Å². The number of ether oxygens (including phenoxy) is 1. The first kappa shape index (κ1) is 9.98. The van der Waals surface area contributed by atoms with E-state index in [9.17, 15) is 0 Å². The van der Waals surface area contributed by atoms with E-state index >= 15 is 0 Å². The second-order valence-corrected chi connectivity index (χ2v) is 3.69. The fraction of sp³-hybridized carbons (Fsp3) is 0.364. The maximum atomic E-state index is 5.76. The third kappa shape index (κ3) is 1.80. The van der Waals surface area contributed by atoms with Crippen molar-refractivity contribution in [1.29, 1.82) is 0 Å². The summed E-state index contributed by atoms with van der Waals surface area (Å²) in [4.78, 5) is 1.43. The van der Waals surface area contributed by atoms with Gasteiger partial charge < -0.3 is 10.6 Å². The zero-order chi connectivity index (χ0) is 10.8. The number of benzene rings is 1. The van der Waals surface area contributed by atoms with Crippen LogP contribution in [0.5, 0.6) is 0 Å². The predicted octanol–water partition coefficient (Wildman–Crippen LogP) is 1.25. The second kappa shape index (κ2) is 3.90. The number of methoxy groups -OCH3 is 1. The summed E-state index contributed by atoms with van der Waals surface area (Å²) in [5, 5.41) is 5.15. The molecule has 4 nitrogen and oxygen atoms in total. The SMILES string of the molecule is COCCc1cc(C)cc2cnn(N)c12. The molecule has 2 rings (SSSR count). The average Bonchev–Trinajstić information content (AvgIpc) is 2.56. The van der Waals surface area contributed by atoms with Gasteiger partial charge in [0, 0.05) is 12.5 Å². The van der Waals surface area contributed by atoms with Crippen LogP contribution in [0.3, 0.4) is 0 Å². The molecule has 0 radical (unpaired) electrons. The van der Waals surface area contributed by atoms with Gasteiger partial charge in [0.1, 0.15) is 0 Å². The lowest BCUT2D eigenvalue weighted by Gasteiger charge is -2.05.